The first kappa shape index (κ1) is 21.1. The Kier molecular flexibility index (Phi) is 5.80. The standard InChI is InChI=1S/C23H16BrClN2O4/c1-31-18-7-2-14(12-17(18)25)21(28)19-20(13-8-10-26-11-9-13)27(23(30)22(19)29)16-5-3-15(24)4-6-16/h2-12,20,28H,1H3/b21-19-. The average molecular weight is 500 g/mol. The Morgan fingerprint density at radius 1 is 1.10 bits per heavy atom. The van der Waals surface area contributed by atoms with Gasteiger partial charge in [0, 0.05) is 28.1 Å². The molecule has 1 N–H and O–H groups in total. The number of aliphatic hydroxyl groups excluding tert-OH is 1. The Morgan fingerprint density at radius 3 is 2.39 bits per heavy atom. The molecular formula is C23H16BrClN2O4. The van der Waals surface area contributed by atoms with Crippen molar-refractivity contribution in [2.75, 3.05) is 12.0 Å². The molecular weight excluding hydrogens is 484 g/mol. The highest BCUT2D eigenvalue weighted by molar-refractivity contribution is 9.10. The van der Waals surface area contributed by atoms with Crippen molar-refractivity contribution in [2.24, 2.45) is 0 Å². The van der Waals surface area contributed by atoms with Crippen LogP contribution in [-0.2, 0) is 9.59 Å². The van der Waals surface area contributed by atoms with Crippen molar-refractivity contribution in [3.05, 3.63) is 93.2 Å². The number of anilines is 1. The van der Waals surface area contributed by atoms with Crippen molar-refractivity contribution in [1.82, 2.24) is 4.98 Å². The lowest BCUT2D eigenvalue weighted by Crippen LogP contribution is -2.29. The average Bonchev–Trinajstić information content (AvgIpc) is 3.05. The van der Waals surface area contributed by atoms with E-state index in [4.69, 9.17) is 16.3 Å². The molecule has 8 heteroatoms. The minimum absolute atomic E-state index is 0.0275. The first-order valence-corrected chi connectivity index (χ1v) is 10.4. The van der Waals surface area contributed by atoms with Crippen LogP contribution in [0.4, 0.5) is 5.69 Å². The number of amides is 1. The van der Waals surface area contributed by atoms with Gasteiger partial charge in [0.05, 0.1) is 23.7 Å². The number of ether oxygens (including phenoxy) is 1. The third kappa shape index (κ3) is 3.82. The van der Waals surface area contributed by atoms with E-state index in [2.05, 4.69) is 20.9 Å². The van der Waals surface area contributed by atoms with Crippen molar-refractivity contribution in [1.29, 1.82) is 0 Å². The van der Waals surface area contributed by atoms with Crippen LogP contribution in [0.3, 0.4) is 0 Å². The second-order valence-electron chi connectivity index (χ2n) is 6.78. The number of benzene rings is 2. The van der Waals surface area contributed by atoms with Gasteiger partial charge in [0.1, 0.15) is 11.5 Å². The molecule has 2 heterocycles. The van der Waals surface area contributed by atoms with Gasteiger partial charge >= 0.3 is 0 Å². The molecule has 1 unspecified atom stereocenters. The van der Waals surface area contributed by atoms with E-state index in [0.29, 0.717) is 22.6 Å². The molecule has 1 saturated heterocycles. The van der Waals surface area contributed by atoms with Gasteiger partial charge in [-0.05, 0) is 60.2 Å². The SMILES string of the molecule is COc1ccc(/C(O)=C2/C(=O)C(=O)N(c3ccc(Br)cc3)C2c2ccncc2)cc1Cl. The summed E-state index contributed by atoms with van der Waals surface area (Å²) in [5.41, 5.74) is 1.44. The maximum Gasteiger partial charge on any atom is 0.300 e. The number of ketones is 1. The molecule has 0 saturated carbocycles. The third-order valence-electron chi connectivity index (χ3n) is 5.00. The Labute approximate surface area is 191 Å². The molecule has 1 aliphatic rings. The largest absolute Gasteiger partial charge is 0.507 e. The van der Waals surface area contributed by atoms with E-state index >= 15 is 0 Å². The lowest BCUT2D eigenvalue weighted by molar-refractivity contribution is -0.132. The lowest BCUT2D eigenvalue weighted by Gasteiger charge is -2.25. The topological polar surface area (TPSA) is 79.7 Å². The number of aromatic nitrogens is 1. The zero-order valence-electron chi connectivity index (χ0n) is 16.3. The number of rotatable bonds is 4. The molecule has 31 heavy (non-hydrogen) atoms. The molecule has 1 amide bonds. The minimum Gasteiger partial charge on any atom is -0.507 e. The molecule has 1 aliphatic heterocycles. The van der Waals surface area contributed by atoms with Crippen molar-refractivity contribution >= 4 is 50.7 Å². The van der Waals surface area contributed by atoms with Crippen LogP contribution in [0.1, 0.15) is 17.2 Å². The van der Waals surface area contributed by atoms with Crippen LogP contribution < -0.4 is 9.64 Å². The molecule has 1 fully saturated rings. The second-order valence-corrected chi connectivity index (χ2v) is 8.10. The van der Waals surface area contributed by atoms with Crippen molar-refractivity contribution in [3.8, 4) is 5.75 Å². The smallest absolute Gasteiger partial charge is 0.300 e. The molecule has 0 aliphatic carbocycles. The van der Waals surface area contributed by atoms with Crippen LogP contribution >= 0.6 is 27.5 Å². The number of methoxy groups -OCH3 is 1. The quantitative estimate of drug-likeness (QED) is 0.306. The number of Topliss-reactive ketones (excluding diaryl/α,β-unsaturated/α-hetero) is 1. The molecule has 4 rings (SSSR count). The fraction of sp³-hybridized carbons (Fsp3) is 0.0870. The Balaban J connectivity index is 1.92. The minimum atomic E-state index is -0.829. The zero-order chi connectivity index (χ0) is 22.1. The van der Waals surface area contributed by atoms with Crippen molar-refractivity contribution in [3.63, 3.8) is 0 Å². The normalized spacial score (nSPS) is 17.8. The van der Waals surface area contributed by atoms with Gasteiger partial charge < -0.3 is 9.84 Å². The maximum atomic E-state index is 13.1. The summed E-state index contributed by atoms with van der Waals surface area (Å²) in [7, 11) is 1.48. The summed E-state index contributed by atoms with van der Waals surface area (Å²) in [6.07, 6.45) is 3.14. The first-order valence-electron chi connectivity index (χ1n) is 9.22. The molecule has 2 aromatic carbocycles. The predicted molar refractivity (Wildman–Crippen MR) is 121 cm³/mol. The summed E-state index contributed by atoms with van der Waals surface area (Å²) in [5.74, 6) is -1.40. The van der Waals surface area contributed by atoms with Crippen LogP contribution in [-0.4, -0.2) is 28.9 Å². The van der Waals surface area contributed by atoms with Gasteiger partial charge in [-0.25, -0.2) is 0 Å². The van der Waals surface area contributed by atoms with Gasteiger partial charge in [0.2, 0.25) is 0 Å². The summed E-state index contributed by atoms with van der Waals surface area (Å²) in [6, 6.07) is 14.3. The van der Waals surface area contributed by atoms with E-state index in [1.54, 1.807) is 60.9 Å². The van der Waals surface area contributed by atoms with Gasteiger partial charge in [0.25, 0.3) is 11.7 Å². The van der Waals surface area contributed by atoms with Crippen LogP contribution in [0.2, 0.25) is 5.02 Å². The Bertz CT molecular complexity index is 1200. The van der Waals surface area contributed by atoms with Crippen LogP contribution in [0, 0.1) is 0 Å². The van der Waals surface area contributed by atoms with Gasteiger partial charge in [-0.15, -0.1) is 0 Å². The van der Waals surface area contributed by atoms with E-state index in [0.717, 1.165) is 4.47 Å². The first-order chi connectivity index (χ1) is 14.9. The number of halogens is 2. The van der Waals surface area contributed by atoms with E-state index in [1.165, 1.54) is 18.1 Å². The van der Waals surface area contributed by atoms with Crippen molar-refractivity contribution in [2.45, 2.75) is 6.04 Å². The van der Waals surface area contributed by atoms with Gasteiger partial charge in [-0.1, -0.05) is 27.5 Å². The lowest BCUT2D eigenvalue weighted by atomic mass is 9.95. The number of pyridine rings is 1. The summed E-state index contributed by atoms with van der Waals surface area (Å²) < 4.78 is 5.98. The Morgan fingerprint density at radius 2 is 1.77 bits per heavy atom. The molecule has 156 valence electrons. The Hall–Kier alpha value is -3.16. The van der Waals surface area contributed by atoms with Gasteiger partial charge in [0.15, 0.2) is 0 Å². The molecule has 1 atom stereocenters. The van der Waals surface area contributed by atoms with E-state index < -0.39 is 17.7 Å². The molecule has 6 nitrogen and oxygen atoms in total. The van der Waals surface area contributed by atoms with Gasteiger partial charge in [-0.2, -0.15) is 0 Å². The zero-order valence-corrected chi connectivity index (χ0v) is 18.6. The van der Waals surface area contributed by atoms with Gasteiger partial charge in [-0.3, -0.25) is 19.5 Å². The second kappa shape index (κ2) is 8.53. The fourth-order valence-corrected chi connectivity index (χ4v) is 4.05. The molecule has 0 radical (unpaired) electrons. The number of carbonyl (C=O) groups is 2. The molecule has 0 spiro atoms. The number of aliphatic hydroxyl groups is 1. The highest BCUT2D eigenvalue weighted by atomic mass is 79.9. The summed E-state index contributed by atoms with van der Waals surface area (Å²) in [4.78, 5) is 31.5. The van der Waals surface area contributed by atoms with Crippen molar-refractivity contribution < 1.29 is 19.4 Å². The number of hydrogen-bond acceptors (Lipinski definition) is 5. The van der Waals surface area contributed by atoms with E-state index in [9.17, 15) is 14.7 Å². The third-order valence-corrected chi connectivity index (χ3v) is 5.82. The van der Waals surface area contributed by atoms with Crippen LogP contribution in [0.5, 0.6) is 5.75 Å². The predicted octanol–water partition coefficient (Wildman–Crippen LogP) is 5.13. The molecule has 0 bridgehead atoms. The summed E-state index contributed by atoms with van der Waals surface area (Å²) in [5, 5.41) is 11.4. The van der Waals surface area contributed by atoms with Crippen LogP contribution in [0.25, 0.3) is 5.76 Å². The number of hydrogen-bond donors (Lipinski definition) is 1. The summed E-state index contributed by atoms with van der Waals surface area (Å²) >= 11 is 9.58. The molecule has 1 aromatic heterocycles. The number of carbonyl (C=O) groups excluding carboxylic acids is 2. The van der Waals surface area contributed by atoms with E-state index in [-0.39, 0.29) is 16.4 Å². The monoisotopic (exact) mass is 498 g/mol. The number of nitrogens with zero attached hydrogens (tertiary/aromatic N) is 2. The van der Waals surface area contributed by atoms with E-state index in [1.807, 2.05) is 0 Å². The summed E-state index contributed by atoms with van der Waals surface area (Å²) in [6.45, 7) is 0. The highest BCUT2D eigenvalue weighted by Crippen LogP contribution is 2.42. The molecule has 3 aromatic rings. The maximum absolute atomic E-state index is 13.1. The highest BCUT2D eigenvalue weighted by Gasteiger charge is 2.47. The van der Waals surface area contributed by atoms with Crippen LogP contribution in [0.15, 0.2) is 77.0 Å². The fourth-order valence-electron chi connectivity index (χ4n) is 3.53.